The van der Waals surface area contributed by atoms with E-state index in [2.05, 4.69) is 19.2 Å². The zero-order chi connectivity index (χ0) is 13.7. The number of alkyl carbamates (subject to hydrolysis) is 1. The van der Waals surface area contributed by atoms with Crippen molar-refractivity contribution in [3.05, 3.63) is 35.9 Å². The van der Waals surface area contributed by atoms with Gasteiger partial charge in [-0.05, 0) is 17.9 Å². The summed E-state index contributed by atoms with van der Waals surface area (Å²) in [7, 11) is 0. The third kappa shape index (κ3) is 4.91. The van der Waals surface area contributed by atoms with Crippen LogP contribution < -0.4 is 5.32 Å². The molecule has 2 unspecified atom stereocenters. The Bertz CT molecular complexity index is 401. The Morgan fingerprint density at radius 3 is 2.68 bits per heavy atom. The summed E-state index contributed by atoms with van der Waals surface area (Å²) < 4.78 is 10.5. The first-order chi connectivity index (χ1) is 9.15. The van der Waals surface area contributed by atoms with E-state index in [4.69, 9.17) is 9.47 Å². The molecule has 1 heterocycles. The highest BCUT2D eigenvalue weighted by Crippen LogP contribution is 2.20. The lowest BCUT2D eigenvalue weighted by Gasteiger charge is -2.18. The average molecular weight is 263 g/mol. The van der Waals surface area contributed by atoms with Gasteiger partial charge >= 0.3 is 6.09 Å². The van der Waals surface area contributed by atoms with E-state index in [1.54, 1.807) is 0 Å². The molecule has 0 aromatic heterocycles. The molecule has 0 aliphatic carbocycles. The summed E-state index contributed by atoms with van der Waals surface area (Å²) in [5, 5.41) is 2.89. The monoisotopic (exact) mass is 263 g/mol. The highest BCUT2D eigenvalue weighted by atomic mass is 16.6. The molecule has 0 spiro atoms. The Hall–Kier alpha value is -1.55. The lowest BCUT2D eigenvalue weighted by molar-refractivity contribution is 0.131. The topological polar surface area (TPSA) is 50.9 Å². The normalized spacial score (nSPS) is 19.0. The Morgan fingerprint density at radius 1 is 1.42 bits per heavy atom. The first kappa shape index (κ1) is 13.9. The molecule has 19 heavy (non-hydrogen) atoms. The summed E-state index contributed by atoms with van der Waals surface area (Å²) in [5.74, 6) is 0.517. The maximum Gasteiger partial charge on any atom is 0.407 e. The summed E-state index contributed by atoms with van der Waals surface area (Å²) in [6, 6.07) is 9.72. The maximum atomic E-state index is 11.8. The first-order valence-corrected chi connectivity index (χ1v) is 6.74. The minimum Gasteiger partial charge on any atom is -0.445 e. The molecule has 1 N–H and O–H groups in total. The molecule has 1 aromatic rings. The molecule has 0 saturated carbocycles. The molecular weight excluding hydrogens is 242 g/mol. The van der Waals surface area contributed by atoms with Gasteiger partial charge in [-0.3, -0.25) is 0 Å². The lowest BCUT2D eigenvalue weighted by Crippen LogP contribution is -2.40. The number of carbonyl (C=O) groups excluding carboxylic acids is 1. The van der Waals surface area contributed by atoms with Crippen LogP contribution in [0.4, 0.5) is 4.79 Å². The van der Waals surface area contributed by atoms with E-state index in [0.29, 0.717) is 12.5 Å². The highest BCUT2D eigenvalue weighted by Gasteiger charge is 2.34. The van der Waals surface area contributed by atoms with Gasteiger partial charge in [0, 0.05) is 0 Å². The van der Waals surface area contributed by atoms with Gasteiger partial charge in [0.15, 0.2) is 0 Å². The van der Waals surface area contributed by atoms with Crippen molar-refractivity contribution < 1.29 is 14.3 Å². The molecule has 104 valence electrons. The van der Waals surface area contributed by atoms with Crippen LogP contribution in [0, 0.1) is 5.92 Å². The van der Waals surface area contributed by atoms with Crippen LogP contribution in [0.2, 0.25) is 0 Å². The van der Waals surface area contributed by atoms with Crippen molar-refractivity contribution in [1.29, 1.82) is 0 Å². The van der Waals surface area contributed by atoms with Crippen molar-refractivity contribution in [3.8, 4) is 0 Å². The fourth-order valence-corrected chi connectivity index (χ4v) is 2.02. The predicted octanol–water partition coefficient (Wildman–Crippen LogP) is 2.73. The van der Waals surface area contributed by atoms with Gasteiger partial charge in [-0.1, -0.05) is 44.2 Å². The van der Waals surface area contributed by atoms with Crippen molar-refractivity contribution in [2.24, 2.45) is 5.92 Å². The van der Waals surface area contributed by atoms with Crippen LogP contribution in [-0.2, 0) is 16.1 Å². The molecular formula is C15H21NO3. The standard InChI is InChI=1S/C15H21NO3/c1-11(2)8-13(14-10-18-14)16-15(17)19-9-12-6-4-3-5-7-12/h3-7,11,13-14H,8-10H2,1-2H3,(H,16,17). The second-order valence-corrected chi connectivity index (χ2v) is 5.31. The van der Waals surface area contributed by atoms with Gasteiger partial charge in [0.05, 0.1) is 12.6 Å². The molecule has 1 saturated heterocycles. The van der Waals surface area contributed by atoms with Crippen LogP contribution in [0.15, 0.2) is 30.3 Å². The second kappa shape index (κ2) is 6.57. The summed E-state index contributed by atoms with van der Waals surface area (Å²) >= 11 is 0. The van der Waals surface area contributed by atoms with Crippen LogP contribution in [0.3, 0.4) is 0 Å². The van der Waals surface area contributed by atoms with Gasteiger partial charge in [-0.2, -0.15) is 0 Å². The Balaban J connectivity index is 1.76. The summed E-state index contributed by atoms with van der Waals surface area (Å²) in [5.41, 5.74) is 0.987. The minimum absolute atomic E-state index is 0.0586. The fourth-order valence-electron chi connectivity index (χ4n) is 2.02. The van der Waals surface area contributed by atoms with Gasteiger partial charge in [0.2, 0.25) is 0 Å². The van der Waals surface area contributed by atoms with Crippen LogP contribution in [0.5, 0.6) is 0 Å². The van der Waals surface area contributed by atoms with Gasteiger partial charge in [-0.25, -0.2) is 4.79 Å². The number of ether oxygens (including phenoxy) is 2. The van der Waals surface area contributed by atoms with Crippen molar-refractivity contribution in [2.75, 3.05) is 6.61 Å². The van der Waals surface area contributed by atoms with E-state index in [0.717, 1.165) is 18.6 Å². The van der Waals surface area contributed by atoms with Gasteiger partial charge in [0.25, 0.3) is 0 Å². The van der Waals surface area contributed by atoms with Crippen molar-refractivity contribution in [1.82, 2.24) is 5.32 Å². The van der Waals surface area contributed by atoms with Crippen molar-refractivity contribution in [2.45, 2.75) is 39.0 Å². The molecule has 2 rings (SSSR count). The van der Waals surface area contributed by atoms with Crippen molar-refractivity contribution in [3.63, 3.8) is 0 Å². The Kier molecular flexibility index (Phi) is 4.80. The minimum atomic E-state index is -0.370. The number of carbonyl (C=O) groups is 1. The first-order valence-electron chi connectivity index (χ1n) is 6.74. The van der Waals surface area contributed by atoms with Gasteiger partial charge in [0.1, 0.15) is 12.7 Å². The molecule has 2 atom stereocenters. The number of hydrogen-bond donors (Lipinski definition) is 1. The van der Waals surface area contributed by atoms with E-state index < -0.39 is 0 Å². The SMILES string of the molecule is CC(C)CC(NC(=O)OCc1ccccc1)C1CO1. The van der Waals surface area contributed by atoms with Crippen molar-refractivity contribution >= 4 is 6.09 Å². The molecule has 4 heteroatoms. The highest BCUT2D eigenvalue weighted by molar-refractivity contribution is 5.67. The zero-order valence-corrected chi connectivity index (χ0v) is 11.5. The predicted molar refractivity (Wildman–Crippen MR) is 72.7 cm³/mol. The number of rotatable bonds is 6. The van der Waals surface area contributed by atoms with Crippen LogP contribution in [-0.4, -0.2) is 24.8 Å². The van der Waals surface area contributed by atoms with Gasteiger partial charge in [-0.15, -0.1) is 0 Å². The number of nitrogens with one attached hydrogen (secondary N) is 1. The molecule has 0 radical (unpaired) electrons. The van der Waals surface area contributed by atoms with E-state index in [-0.39, 0.29) is 18.2 Å². The van der Waals surface area contributed by atoms with E-state index in [1.165, 1.54) is 0 Å². The lowest BCUT2D eigenvalue weighted by atomic mass is 10.0. The molecule has 1 amide bonds. The zero-order valence-electron chi connectivity index (χ0n) is 11.5. The quantitative estimate of drug-likeness (QED) is 0.803. The number of epoxide rings is 1. The maximum absolute atomic E-state index is 11.8. The summed E-state index contributed by atoms with van der Waals surface area (Å²) in [6.07, 6.45) is 0.696. The molecule has 1 aromatic carbocycles. The molecule has 4 nitrogen and oxygen atoms in total. The molecule has 1 aliphatic heterocycles. The third-order valence-corrected chi connectivity index (χ3v) is 3.05. The number of hydrogen-bond acceptors (Lipinski definition) is 3. The smallest absolute Gasteiger partial charge is 0.407 e. The Morgan fingerprint density at radius 2 is 2.11 bits per heavy atom. The number of amides is 1. The van der Waals surface area contributed by atoms with Crippen LogP contribution in [0.25, 0.3) is 0 Å². The largest absolute Gasteiger partial charge is 0.445 e. The molecule has 1 fully saturated rings. The van der Waals surface area contributed by atoms with E-state index >= 15 is 0 Å². The fraction of sp³-hybridized carbons (Fsp3) is 0.533. The Labute approximate surface area is 114 Å². The number of benzene rings is 1. The summed E-state index contributed by atoms with van der Waals surface area (Å²) in [4.78, 5) is 11.8. The van der Waals surface area contributed by atoms with Gasteiger partial charge < -0.3 is 14.8 Å². The molecule has 0 bridgehead atoms. The summed E-state index contributed by atoms with van der Waals surface area (Å²) in [6.45, 7) is 5.29. The van der Waals surface area contributed by atoms with Crippen LogP contribution in [0.1, 0.15) is 25.8 Å². The van der Waals surface area contributed by atoms with E-state index in [1.807, 2.05) is 30.3 Å². The van der Waals surface area contributed by atoms with E-state index in [9.17, 15) is 4.79 Å². The van der Waals surface area contributed by atoms with Crippen LogP contribution >= 0.6 is 0 Å². The molecule has 1 aliphatic rings. The third-order valence-electron chi connectivity index (χ3n) is 3.05. The second-order valence-electron chi connectivity index (χ2n) is 5.31. The average Bonchev–Trinajstić information content (AvgIpc) is 3.20.